The topological polar surface area (TPSA) is 153 Å². The van der Waals surface area contributed by atoms with Crippen molar-refractivity contribution < 1.29 is 4.39 Å². The van der Waals surface area contributed by atoms with E-state index in [0.717, 1.165) is 12.1 Å². The molecule has 0 spiro atoms. The van der Waals surface area contributed by atoms with Crippen LogP contribution >= 0.6 is 23.2 Å². The van der Waals surface area contributed by atoms with Crippen molar-refractivity contribution in [2.24, 2.45) is 0 Å². The molecule has 0 amide bonds. The van der Waals surface area contributed by atoms with Crippen LogP contribution in [0, 0.1) is 5.82 Å². The fourth-order valence-corrected chi connectivity index (χ4v) is 3.41. The van der Waals surface area contributed by atoms with E-state index in [9.17, 15) is 9.18 Å². The van der Waals surface area contributed by atoms with E-state index in [2.05, 4.69) is 30.5 Å². The number of anilines is 3. The SMILES string of the molecule is C[C@H](Nc1nc(N)nc(N)c1Cl)c1nc2cc(F)cc(Cl)c2c(=O)n1-c1ccn[nH]1. The quantitative estimate of drug-likeness (QED) is 0.370. The summed E-state index contributed by atoms with van der Waals surface area (Å²) in [6.45, 7) is 1.70. The Balaban J connectivity index is 1.93. The van der Waals surface area contributed by atoms with Crippen molar-refractivity contribution in [3.63, 3.8) is 0 Å². The van der Waals surface area contributed by atoms with Gasteiger partial charge in [-0.3, -0.25) is 9.89 Å². The molecule has 0 saturated carbocycles. The summed E-state index contributed by atoms with van der Waals surface area (Å²) in [6.07, 6.45) is 1.48. The van der Waals surface area contributed by atoms with Crippen molar-refractivity contribution in [2.75, 3.05) is 16.8 Å². The number of aromatic amines is 1. The molecule has 3 heterocycles. The van der Waals surface area contributed by atoms with Crippen LogP contribution in [-0.2, 0) is 0 Å². The number of nitrogen functional groups attached to an aromatic ring is 2. The van der Waals surface area contributed by atoms with Crippen molar-refractivity contribution in [3.05, 3.63) is 56.4 Å². The zero-order valence-electron chi connectivity index (χ0n) is 15.3. The Bertz CT molecular complexity index is 1320. The zero-order chi connectivity index (χ0) is 21.6. The van der Waals surface area contributed by atoms with Crippen LogP contribution in [0.4, 0.5) is 22.0 Å². The van der Waals surface area contributed by atoms with Crippen molar-refractivity contribution in [3.8, 4) is 5.82 Å². The molecule has 3 aromatic heterocycles. The van der Waals surface area contributed by atoms with E-state index in [0.29, 0.717) is 5.82 Å². The Morgan fingerprint density at radius 3 is 2.70 bits per heavy atom. The minimum Gasteiger partial charge on any atom is -0.382 e. The van der Waals surface area contributed by atoms with Crippen LogP contribution in [0.5, 0.6) is 0 Å². The molecular weight excluding hydrogens is 436 g/mol. The number of aromatic nitrogens is 6. The Labute approximate surface area is 178 Å². The van der Waals surface area contributed by atoms with Crippen LogP contribution in [0.2, 0.25) is 10.0 Å². The van der Waals surface area contributed by atoms with Crippen LogP contribution in [-0.4, -0.2) is 29.7 Å². The predicted octanol–water partition coefficient (Wildman–Crippen LogP) is 2.68. The van der Waals surface area contributed by atoms with Gasteiger partial charge in [0.05, 0.1) is 28.2 Å². The molecule has 4 aromatic rings. The first-order valence-electron chi connectivity index (χ1n) is 8.52. The maximum absolute atomic E-state index is 13.9. The van der Waals surface area contributed by atoms with Crippen molar-refractivity contribution in [2.45, 2.75) is 13.0 Å². The lowest BCUT2D eigenvalue weighted by Gasteiger charge is -2.20. The third-order valence-corrected chi connectivity index (χ3v) is 4.95. The van der Waals surface area contributed by atoms with E-state index in [4.69, 9.17) is 34.7 Å². The number of benzene rings is 1. The van der Waals surface area contributed by atoms with Gasteiger partial charge in [-0.1, -0.05) is 23.2 Å². The van der Waals surface area contributed by atoms with Gasteiger partial charge in [0.2, 0.25) is 5.95 Å². The fourth-order valence-electron chi connectivity index (χ4n) is 2.99. The minimum atomic E-state index is -0.654. The highest BCUT2D eigenvalue weighted by Gasteiger charge is 2.22. The normalized spacial score (nSPS) is 12.3. The molecule has 13 heteroatoms. The summed E-state index contributed by atoms with van der Waals surface area (Å²) in [5.74, 6) is -0.0129. The number of halogens is 3. The van der Waals surface area contributed by atoms with E-state index >= 15 is 0 Å². The summed E-state index contributed by atoms with van der Waals surface area (Å²) in [6, 6.07) is 3.11. The van der Waals surface area contributed by atoms with Crippen molar-refractivity contribution >= 4 is 51.7 Å². The first kappa shape index (κ1) is 19.9. The zero-order valence-corrected chi connectivity index (χ0v) is 16.8. The largest absolute Gasteiger partial charge is 0.382 e. The van der Waals surface area contributed by atoms with Crippen LogP contribution in [0.25, 0.3) is 16.7 Å². The number of rotatable bonds is 4. The van der Waals surface area contributed by atoms with Crippen LogP contribution in [0.3, 0.4) is 0 Å². The molecule has 1 atom stereocenters. The average molecular weight is 450 g/mol. The molecule has 0 bridgehead atoms. The number of nitrogens with zero attached hydrogens (tertiary/aromatic N) is 5. The Hall–Kier alpha value is -3.44. The van der Waals surface area contributed by atoms with Gasteiger partial charge in [-0.25, -0.2) is 13.9 Å². The number of nitrogens with one attached hydrogen (secondary N) is 2. The molecule has 30 heavy (non-hydrogen) atoms. The van der Waals surface area contributed by atoms with E-state index in [1.165, 1.54) is 10.8 Å². The molecule has 154 valence electrons. The summed E-state index contributed by atoms with van der Waals surface area (Å²) < 4.78 is 15.2. The highest BCUT2D eigenvalue weighted by Crippen LogP contribution is 2.29. The van der Waals surface area contributed by atoms with Gasteiger partial charge in [0, 0.05) is 12.1 Å². The molecule has 0 radical (unpaired) electrons. The van der Waals surface area contributed by atoms with Gasteiger partial charge in [-0.15, -0.1) is 0 Å². The smallest absolute Gasteiger partial charge is 0.268 e. The molecular formula is C17H14Cl2FN9O. The summed E-state index contributed by atoms with van der Waals surface area (Å²) in [4.78, 5) is 25.5. The predicted molar refractivity (Wildman–Crippen MR) is 112 cm³/mol. The molecule has 0 saturated heterocycles. The van der Waals surface area contributed by atoms with Crippen molar-refractivity contribution in [1.29, 1.82) is 0 Å². The molecule has 4 rings (SSSR count). The molecule has 1 aromatic carbocycles. The first-order valence-corrected chi connectivity index (χ1v) is 9.28. The molecule has 10 nitrogen and oxygen atoms in total. The maximum atomic E-state index is 13.9. The highest BCUT2D eigenvalue weighted by atomic mass is 35.5. The molecule has 0 aliphatic rings. The number of H-pyrrole nitrogens is 1. The number of hydrogen-bond donors (Lipinski definition) is 4. The third-order valence-electron chi connectivity index (χ3n) is 4.28. The van der Waals surface area contributed by atoms with E-state index < -0.39 is 17.4 Å². The van der Waals surface area contributed by atoms with Gasteiger partial charge in [0.15, 0.2) is 5.82 Å². The molecule has 6 N–H and O–H groups in total. The second-order valence-electron chi connectivity index (χ2n) is 6.33. The monoisotopic (exact) mass is 449 g/mol. The summed E-state index contributed by atoms with van der Waals surface area (Å²) in [7, 11) is 0. The maximum Gasteiger partial charge on any atom is 0.268 e. The third kappa shape index (κ3) is 3.37. The average Bonchev–Trinajstić information content (AvgIpc) is 3.18. The van der Waals surface area contributed by atoms with Gasteiger partial charge in [-0.2, -0.15) is 15.1 Å². The minimum absolute atomic E-state index is 0.00912. The second-order valence-corrected chi connectivity index (χ2v) is 7.12. The van der Waals surface area contributed by atoms with Gasteiger partial charge in [0.25, 0.3) is 5.56 Å². The lowest BCUT2D eigenvalue weighted by Crippen LogP contribution is -2.28. The Morgan fingerprint density at radius 2 is 2.00 bits per heavy atom. The van der Waals surface area contributed by atoms with Gasteiger partial charge in [0.1, 0.15) is 28.3 Å². The molecule has 0 fully saturated rings. The second kappa shape index (κ2) is 7.43. The van der Waals surface area contributed by atoms with Gasteiger partial charge >= 0.3 is 0 Å². The summed E-state index contributed by atoms with van der Waals surface area (Å²) in [5.41, 5.74) is 11.0. The summed E-state index contributed by atoms with van der Waals surface area (Å²) >= 11 is 12.3. The Morgan fingerprint density at radius 1 is 1.23 bits per heavy atom. The fraction of sp³-hybridized carbons (Fsp3) is 0.118. The number of fused-ring (bicyclic) bond motifs is 1. The van der Waals surface area contributed by atoms with E-state index in [-0.39, 0.29) is 44.4 Å². The molecule has 0 unspecified atom stereocenters. The lowest BCUT2D eigenvalue weighted by molar-refractivity contribution is 0.628. The van der Waals surface area contributed by atoms with Crippen LogP contribution in [0.15, 0.2) is 29.2 Å². The van der Waals surface area contributed by atoms with E-state index in [1.54, 1.807) is 13.0 Å². The number of hydrogen-bond acceptors (Lipinski definition) is 8. The van der Waals surface area contributed by atoms with Crippen LogP contribution in [0.1, 0.15) is 18.8 Å². The van der Waals surface area contributed by atoms with E-state index in [1.807, 2.05) is 0 Å². The standard InChI is InChI=1S/C17H14Cl2FN9O/c1-6(24-14-12(19)13(21)26-17(22)27-14)15-25-9-5-7(20)4-8(18)11(9)16(30)29(15)10-2-3-23-28-10/h2-6H,1H3,(H,23,28)(H5,21,22,24,26,27)/t6-/m0/s1. The molecule has 0 aliphatic heterocycles. The Kier molecular flexibility index (Phi) is 4.92. The molecule has 0 aliphatic carbocycles. The van der Waals surface area contributed by atoms with Gasteiger partial charge in [-0.05, 0) is 13.0 Å². The highest BCUT2D eigenvalue weighted by molar-refractivity contribution is 6.35. The first-order chi connectivity index (χ1) is 14.3. The summed E-state index contributed by atoms with van der Waals surface area (Å²) in [5, 5.41) is 9.67. The lowest BCUT2D eigenvalue weighted by atomic mass is 10.2. The van der Waals surface area contributed by atoms with Crippen molar-refractivity contribution in [1.82, 2.24) is 29.7 Å². The van der Waals surface area contributed by atoms with Crippen LogP contribution < -0.4 is 22.3 Å². The number of nitrogens with two attached hydrogens (primary N) is 2. The van der Waals surface area contributed by atoms with Gasteiger partial charge < -0.3 is 16.8 Å².